The van der Waals surface area contributed by atoms with Crippen molar-refractivity contribution in [2.75, 3.05) is 13.7 Å². The maximum absolute atomic E-state index is 8.90. The van der Waals surface area contributed by atoms with Crippen LogP contribution in [0.1, 0.15) is 11.1 Å². The predicted molar refractivity (Wildman–Crippen MR) is 70.1 cm³/mol. The van der Waals surface area contributed by atoms with E-state index in [0.29, 0.717) is 18.1 Å². The zero-order valence-corrected chi connectivity index (χ0v) is 10.9. The molecule has 0 aliphatic rings. The van der Waals surface area contributed by atoms with Gasteiger partial charge in [-0.1, -0.05) is 23.7 Å². The van der Waals surface area contributed by atoms with Crippen molar-refractivity contribution in [2.24, 2.45) is 0 Å². The van der Waals surface area contributed by atoms with E-state index in [1.807, 2.05) is 24.3 Å². The minimum absolute atomic E-state index is 0.0740. The Hall–Kier alpha value is -1.52. The molecule has 0 aliphatic heterocycles. The van der Waals surface area contributed by atoms with Crippen molar-refractivity contribution in [3.8, 4) is 5.75 Å². The van der Waals surface area contributed by atoms with Crippen LogP contribution in [-0.2, 0) is 13.0 Å². The van der Waals surface area contributed by atoms with Gasteiger partial charge in [0, 0.05) is 18.6 Å². The van der Waals surface area contributed by atoms with Gasteiger partial charge in [-0.3, -0.25) is 0 Å². The number of aliphatic hydroxyl groups is 1. The fourth-order valence-electron chi connectivity index (χ4n) is 1.75. The fourth-order valence-corrected chi connectivity index (χ4v) is 2.00. The molecule has 0 amide bonds. The predicted octanol–water partition coefficient (Wildman–Crippen LogP) is 2.13. The Bertz CT molecular complexity index is 525. The maximum atomic E-state index is 8.90. The third-order valence-corrected chi connectivity index (χ3v) is 3.13. The molecule has 1 aromatic heterocycles. The van der Waals surface area contributed by atoms with Crippen LogP contribution in [0.25, 0.3) is 0 Å². The van der Waals surface area contributed by atoms with Crippen LogP contribution in [0.5, 0.6) is 5.75 Å². The van der Waals surface area contributed by atoms with Crippen molar-refractivity contribution < 1.29 is 9.84 Å². The molecule has 0 aliphatic carbocycles. The summed E-state index contributed by atoms with van der Waals surface area (Å²) in [6.07, 6.45) is 2.22. The minimum atomic E-state index is 0.0740. The first-order valence-electron chi connectivity index (χ1n) is 5.68. The molecule has 0 atom stereocenters. The highest BCUT2D eigenvalue weighted by atomic mass is 35.5. The molecule has 1 heterocycles. The fraction of sp³-hybridized carbons (Fsp3) is 0.308. The van der Waals surface area contributed by atoms with Gasteiger partial charge in [-0.15, -0.1) is 0 Å². The lowest BCUT2D eigenvalue weighted by Gasteiger charge is -2.06. The van der Waals surface area contributed by atoms with E-state index in [4.69, 9.17) is 21.4 Å². The monoisotopic (exact) mass is 266 g/mol. The highest BCUT2D eigenvalue weighted by Crippen LogP contribution is 2.19. The number of nitrogens with zero attached hydrogens (tertiary/aromatic N) is 2. The number of halogens is 1. The van der Waals surface area contributed by atoms with Crippen LogP contribution in [0.15, 0.2) is 30.5 Å². The van der Waals surface area contributed by atoms with Crippen molar-refractivity contribution in [3.05, 3.63) is 46.7 Å². The zero-order valence-electron chi connectivity index (χ0n) is 10.1. The van der Waals surface area contributed by atoms with Crippen LogP contribution in [0.2, 0.25) is 5.15 Å². The lowest BCUT2D eigenvalue weighted by atomic mass is 10.2. The molecule has 0 fully saturated rings. The Labute approximate surface area is 111 Å². The Morgan fingerprint density at radius 1 is 1.44 bits per heavy atom. The average molecular weight is 267 g/mol. The second kappa shape index (κ2) is 5.89. The molecule has 2 rings (SSSR count). The molecule has 96 valence electrons. The summed E-state index contributed by atoms with van der Waals surface area (Å²) in [6, 6.07) is 7.77. The lowest BCUT2D eigenvalue weighted by Crippen LogP contribution is -2.02. The summed E-state index contributed by atoms with van der Waals surface area (Å²) in [6.45, 7) is 0.659. The standard InChI is InChI=1S/C13H15ClN2O2/c1-18-12-4-2-3-10(7-12)9-16-13(14)11(5-6-17)8-15-16/h2-4,7-8,17H,5-6,9H2,1H3. The van der Waals surface area contributed by atoms with Gasteiger partial charge in [-0.2, -0.15) is 5.10 Å². The van der Waals surface area contributed by atoms with Crippen molar-refractivity contribution in [1.82, 2.24) is 9.78 Å². The number of ether oxygens (including phenoxy) is 1. The zero-order chi connectivity index (χ0) is 13.0. The van der Waals surface area contributed by atoms with Gasteiger partial charge in [-0.05, 0) is 17.7 Å². The first kappa shape index (κ1) is 12.9. The summed E-state index contributed by atoms with van der Waals surface area (Å²) in [7, 11) is 1.64. The van der Waals surface area contributed by atoms with E-state index < -0.39 is 0 Å². The summed E-state index contributed by atoms with van der Waals surface area (Å²) in [5.74, 6) is 0.811. The normalized spacial score (nSPS) is 10.6. The van der Waals surface area contributed by atoms with Crippen LogP contribution in [0, 0.1) is 0 Å². The van der Waals surface area contributed by atoms with E-state index in [-0.39, 0.29) is 6.61 Å². The summed E-state index contributed by atoms with van der Waals surface area (Å²) < 4.78 is 6.88. The van der Waals surface area contributed by atoms with Gasteiger partial charge in [-0.25, -0.2) is 4.68 Å². The van der Waals surface area contributed by atoms with E-state index in [1.165, 1.54) is 0 Å². The molecular formula is C13H15ClN2O2. The Balaban J connectivity index is 2.17. The van der Waals surface area contributed by atoms with Crippen LogP contribution in [0.4, 0.5) is 0 Å². The molecule has 4 nitrogen and oxygen atoms in total. The molecule has 1 aromatic carbocycles. The largest absolute Gasteiger partial charge is 0.497 e. The topological polar surface area (TPSA) is 47.3 Å². The van der Waals surface area contributed by atoms with Crippen molar-refractivity contribution in [2.45, 2.75) is 13.0 Å². The molecule has 18 heavy (non-hydrogen) atoms. The highest BCUT2D eigenvalue weighted by Gasteiger charge is 2.08. The second-order valence-corrected chi connectivity index (χ2v) is 4.30. The quantitative estimate of drug-likeness (QED) is 0.902. The number of aliphatic hydroxyl groups excluding tert-OH is 1. The van der Waals surface area contributed by atoms with Crippen molar-refractivity contribution >= 4 is 11.6 Å². The van der Waals surface area contributed by atoms with Gasteiger partial charge in [0.1, 0.15) is 10.9 Å². The number of benzene rings is 1. The summed E-state index contributed by atoms with van der Waals surface area (Å²) >= 11 is 6.18. The SMILES string of the molecule is COc1cccc(Cn2ncc(CCO)c2Cl)c1. The number of rotatable bonds is 5. The van der Waals surface area contributed by atoms with Crippen molar-refractivity contribution in [3.63, 3.8) is 0 Å². The Morgan fingerprint density at radius 3 is 3.00 bits per heavy atom. The molecule has 5 heteroatoms. The molecule has 0 bridgehead atoms. The van der Waals surface area contributed by atoms with Gasteiger partial charge >= 0.3 is 0 Å². The summed E-state index contributed by atoms with van der Waals surface area (Å²) in [5, 5.41) is 13.7. The van der Waals surface area contributed by atoms with E-state index in [1.54, 1.807) is 18.0 Å². The van der Waals surface area contributed by atoms with Crippen LogP contribution in [-0.4, -0.2) is 28.6 Å². The summed E-state index contributed by atoms with van der Waals surface area (Å²) in [4.78, 5) is 0. The smallest absolute Gasteiger partial charge is 0.130 e. The van der Waals surface area contributed by atoms with Gasteiger partial charge in [0.15, 0.2) is 0 Å². The molecule has 0 spiro atoms. The van der Waals surface area contributed by atoms with Gasteiger partial charge < -0.3 is 9.84 Å². The third-order valence-electron chi connectivity index (χ3n) is 2.69. The number of hydrogen-bond donors (Lipinski definition) is 1. The van der Waals surface area contributed by atoms with Gasteiger partial charge in [0.05, 0.1) is 19.9 Å². The van der Waals surface area contributed by atoms with Gasteiger partial charge in [0.25, 0.3) is 0 Å². The molecular weight excluding hydrogens is 252 g/mol. The molecule has 1 N–H and O–H groups in total. The molecule has 2 aromatic rings. The highest BCUT2D eigenvalue weighted by molar-refractivity contribution is 6.30. The second-order valence-electron chi connectivity index (χ2n) is 3.94. The number of methoxy groups -OCH3 is 1. The first-order chi connectivity index (χ1) is 8.74. The van der Waals surface area contributed by atoms with Crippen LogP contribution < -0.4 is 4.74 Å². The Kier molecular flexibility index (Phi) is 4.23. The molecule has 0 unspecified atom stereocenters. The van der Waals surface area contributed by atoms with E-state index in [0.717, 1.165) is 16.9 Å². The molecule has 0 saturated heterocycles. The van der Waals surface area contributed by atoms with E-state index >= 15 is 0 Å². The van der Waals surface area contributed by atoms with Crippen LogP contribution >= 0.6 is 11.6 Å². The average Bonchev–Trinajstić information content (AvgIpc) is 2.72. The number of hydrogen-bond acceptors (Lipinski definition) is 3. The first-order valence-corrected chi connectivity index (χ1v) is 6.06. The van der Waals surface area contributed by atoms with E-state index in [2.05, 4.69) is 5.10 Å². The number of aromatic nitrogens is 2. The van der Waals surface area contributed by atoms with Crippen molar-refractivity contribution in [1.29, 1.82) is 0 Å². The molecule has 0 saturated carbocycles. The van der Waals surface area contributed by atoms with Crippen LogP contribution in [0.3, 0.4) is 0 Å². The lowest BCUT2D eigenvalue weighted by molar-refractivity contribution is 0.299. The minimum Gasteiger partial charge on any atom is -0.497 e. The Morgan fingerprint density at radius 2 is 2.28 bits per heavy atom. The third kappa shape index (κ3) is 2.83. The van der Waals surface area contributed by atoms with Gasteiger partial charge in [0.2, 0.25) is 0 Å². The maximum Gasteiger partial charge on any atom is 0.130 e. The summed E-state index contributed by atoms with van der Waals surface area (Å²) in [5.41, 5.74) is 1.93. The van der Waals surface area contributed by atoms with E-state index in [9.17, 15) is 0 Å². The molecule has 0 radical (unpaired) electrons.